The number of piperidine rings is 2. The quantitative estimate of drug-likeness (QED) is 0.566. The molecule has 150 valence electrons. The standard InChI is InChI=1S/C22H22N2O5/c1-4-11-12-9-15-19-22(16(12)20(26)27-3,13-7-5-6-8-14(13)23-19)17-18(11)24(15)29-21(17)28-10(2)25/h4-8,12,15-18,21H,9H2,1-3H3/b11-4+/t12-,15-,16-,17+,18+,21-,22-/m0/s1. The maximum absolute atomic E-state index is 13.2. The highest BCUT2D eigenvalue weighted by molar-refractivity contribution is 6.10. The molecule has 7 heteroatoms. The van der Waals surface area contributed by atoms with Crippen LogP contribution < -0.4 is 0 Å². The van der Waals surface area contributed by atoms with E-state index in [1.54, 1.807) is 0 Å². The monoisotopic (exact) mass is 394 g/mol. The Morgan fingerprint density at radius 2 is 2.14 bits per heavy atom. The predicted molar refractivity (Wildman–Crippen MR) is 102 cm³/mol. The lowest BCUT2D eigenvalue weighted by Gasteiger charge is -2.63. The zero-order chi connectivity index (χ0) is 20.1. The SMILES string of the molecule is C/C=C1/[C@@H]2[C@@H]3[C@@H](OC(C)=O)ON2[C@H]2C[C@@H]1[C@@H](C(=O)OC)[C@]31C2=Nc2ccccc21. The van der Waals surface area contributed by atoms with E-state index in [9.17, 15) is 9.59 Å². The van der Waals surface area contributed by atoms with Gasteiger partial charge in [-0.1, -0.05) is 29.8 Å². The van der Waals surface area contributed by atoms with Crippen LogP contribution in [0.15, 0.2) is 40.9 Å². The molecule has 1 spiro atoms. The minimum Gasteiger partial charge on any atom is -0.469 e. The van der Waals surface area contributed by atoms with E-state index in [4.69, 9.17) is 19.3 Å². The lowest BCUT2D eigenvalue weighted by Crippen LogP contribution is -2.75. The van der Waals surface area contributed by atoms with Gasteiger partial charge >= 0.3 is 11.9 Å². The Morgan fingerprint density at radius 3 is 2.86 bits per heavy atom. The molecule has 8 atom stereocenters. The van der Waals surface area contributed by atoms with Gasteiger partial charge in [-0.2, -0.15) is 5.06 Å². The Bertz CT molecular complexity index is 1020. The van der Waals surface area contributed by atoms with E-state index in [0.717, 1.165) is 23.4 Å². The van der Waals surface area contributed by atoms with Crippen molar-refractivity contribution >= 4 is 23.3 Å². The number of nitrogens with zero attached hydrogens (tertiary/aromatic N) is 2. The molecule has 1 aromatic carbocycles. The van der Waals surface area contributed by atoms with E-state index in [2.05, 4.69) is 12.1 Å². The van der Waals surface area contributed by atoms with Crippen molar-refractivity contribution in [2.75, 3.05) is 7.11 Å². The van der Waals surface area contributed by atoms with Crippen LogP contribution in [0.25, 0.3) is 0 Å². The average Bonchev–Trinajstić information content (AvgIpc) is 3.22. The fraction of sp³-hybridized carbons (Fsp3) is 0.500. The topological polar surface area (TPSA) is 77.4 Å². The van der Waals surface area contributed by atoms with Crippen LogP contribution in [0.5, 0.6) is 0 Å². The number of methoxy groups -OCH3 is 1. The highest BCUT2D eigenvalue weighted by Crippen LogP contribution is 2.69. The number of benzene rings is 1. The van der Waals surface area contributed by atoms with Gasteiger partial charge in [0, 0.05) is 6.92 Å². The van der Waals surface area contributed by atoms with Crippen LogP contribution in [0.2, 0.25) is 0 Å². The lowest BCUT2D eigenvalue weighted by molar-refractivity contribution is -0.245. The Hall–Kier alpha value is -2.51. The molecule has 7 rings (SSSR count). The summed E-state index contributed by atoms with van der Waals surface area (Å²) < 4.78 is 11.0. The van der Waals surface area contributed by atoms with Gasteiger partial charge in [0.25, 0.3) is 0 Å². The van der Waals surface area contributed by atoms with Crippen LogP contribution in [0.4, 0.5) is 5.69 Å². The molecule has 4 aliphatic heterocycles. The van der Waals surface area contributed by atoms with Gasteiger partial charge < -0.3 is 9.47 Å². The lowest BCUT2D eigenvalue weighted by atomic mass is 9.42. The molecule has 6 bridgehead atoms. The predicted octanol–water partition coefficient (Wildman–Crippen LogP) is 2.28. The van der Waals surface area contributed by atoms with Crippen LogP contribution in [0, 0.1) is 17.8 Å². The van der Waals surface area contributed by atoms with Gasteiger partial charge in [0.2, 0.25) is 6.29 Å². The smallest absolute Gasteiger partial charge is 0.310 e. The molecule has 6 aliphatic rings. The zero-order valence-corrected chi connectivity index (χ0v) is 16.5. The van der Waals surface area contributed by atoms with Gasteiger partial charge in [-0.25, -0.2) is 0 Å². The molecule has 4 heterocycles. The summed E-state index contributed by atoms with van der Waals surface area (Å²) in [7, 11) is 1.44. The molecule has 5 fully saturated rings. The molecule has 29 heavy (non-hydrogen) atoms. The number of rotatable bonds is 2. The maximum Gasteiger partial charge on any atom is 0.310 e. The molecule has 1 unspecified atom stereocenters. The molecule has 3 saturated heterocycles. The third-order valence-electron chi connectivity index (χ3n) is 7.51. The fourth-order valence-electron chi connectivity index (χ4n) is 6.86. The normalized spacial score (nSPS) is 43.8. The summed E-state index contributed by atoms with van der Waals surface area (Å²) in [6.07, 6.45) is 2.07. The fourth-order valence-corrected chi connectivity index (χ4v) is 6.86. The van der Waals surface area contributed by atoms with Crippen LogP contribution in [0.3, 0.4) is 0 Å². The number of hydrogen-bond acceptors (Lipinski definition) is 7. The van der Waals surface area contributed by atoms with Gasteiger partial charge in [0.15, 0.2) is 0 Å². The summed E-state index contributed by atoms with van der Waals surface area (Å²) in [5, 5.41) is 1.97. The Balaban J connectivity index is 1.67. The van der Waals surface area contributed by atoms with Crippen molar-refractivity contribution in [2.24, 2.45) is 22.7 Å². The molecule has 2 saturated carbocycles. The molecular formula is C22H22N2O5. The van der Waals surface area contributed by atoms with Gasteiger partial charge in [-0.15, -0.1) is 0 Å². The first kappa shape index (κ1) is 17.4. The summed E-state index contributed by atoms with van der Waals surface area (Å²) in [5.41, 5.74) is 3.36. The first-order valence-electron chi connectivity index (χ1n) is 10.1. The number of hydrogen-bond donors (Lipinski definition) is 0. The molecule has 0 amide bonds. The van der Waals surface area contributed by atoms with Crippen LogP contribution >= 0.6 is 0 Å². The number of esters is 2. The van der Waals surface area contributed by atoms with Crippen molar-refractivity contribution in [2.45, 2.75) is 44.1 Å². The van der Waals surface area contributed by atoms with Crippen LogP contribution in [-0.4, -0.2) is 48.2 Å². The molecule has 0 aromatic heterocycles. The highest BCUT2D eigenvalue weighted by atomic mass is 16.8. The number of carbonyl (C=O) groups excluding carboxylic acids is 2. The van der Waals surface area contributed by atoms with Gasteiger partial charge in [0.1, 0.15) is 0 Å². The third kappa shape index (κ3) is 1.80. The number of hydroxylamine groups is 2. The Morgan fingerprint density at radius 1 is 1.34 bits per heavy atom. The van der Waals surface area contributed by atoms with Crippen molar-refractivity contribution in [3.63, 3.8) is 0 Å². The summed E-state index contributed by atoms with van der Waals surface area (Å²) in [4.78, 5) is 36.4. The zero-order valence-electron chi connectivity index (χ0n) is 16.5. The van der Waals surface area contributed by atoms with E-state index in [1.807, 2.05) is 30.2 Å². The van der Waals surface area contributed by atoms with Crippen molar-refractivity contribution < 1.29 is 23.9 Å². The minimum atomic E-state index is -0.764. The molecule has 2 aliphatic carbocycles. The van der Waals surface area contributed by atoms with Crippen molar-refractivity contribution in [1.82, 2.24) is 5.06 Å². The van der Waals surface area contributed by atoms with Gasteiger partial charge in [-0.05, 0) is 30.9 Å². The van der Waals surface area contributed by atoms with Gasteiger partial charge in [-0.3, -0.25) is 19.4 Å². The maximum atomic E-state index is 13.2. The largest absolute Gasteiger partial charge is 0.469 e. The Labute approximate surface area is 168 Å². The first-order valence-corrected chi connectivity index (χ1v) is 10.1. The van der Waals surface area contributed by atoms with E-state index >= 15 is 0 Å². The van der Waals surface area contributed by atoms with E-state index in [1.165, 1.54) is 19.6 Å². The summed E-state index contributed by atoms with van der Waals surface area (Å²) in [5.74, 6) is -1.25. The third-order valence-corrected chi connectivity index (χ3v) is 7.51. The number of aliphatic imine (C=N–C) groups is 1. The number of fused-ring (bicyclic) bond motifs is 1. The molecule has 0 N–H and O–H groups in total. The minimum absolute atomic E-state index is 0.0425. The second-order valence-corrected chi connectivity index (χ2v) is 8.44. The summed E-state index contributed by atoms with van der Waals surface area (Å²) in [6.45, 7) is 3.39. The Kier molecular flexibility index (Phi) is 3.32. The van der Waals surface area contributed by atoms with Gasteiger partial charge in [0.05, 0.1) is 47.8 Å². The summed E-state index contributed by atoms with van der Waals surface area (Å²) >= 11 is 0. The van der Waals surface area contributed by atoms with E-state index in [0.29, 0.717) is 0 Å². The van der Waals surface area contributed by atoms with Crippen molar-refractivity contribution in [1.29, 1.82) is 0 Å². The summed E-state index contributed by atoms with van der Waals surface area (Å²) in [6, 6.07) is 7.90. The molecule has 7 nitrogen and oxygen atoms in total. The second kappa shape index (κ2) is 5.55. The molecule has 0 radical (unpaired) electrons. The molecular weight excluding hydrogens is 372 g/mol. The first-order chi connectivity index (χ1) is 14.0. The van der Waals surface area contributed by atoms with E-state index in [-0.39, 0.29) is 29.9 Å². The van der Waals surface area contributed by atoms with E-state index < -0.39 is 23.6 Å². The highest BCUT2D eigenvalue weighted by Gasteiger charge is 2.79. The van der Waals surface area contributed by atoms with Crippen molar-refractivity contribution in [3.8, 4) is 0 Å². The molecule has 1 aromatic rings. The van der Waals surface area contributed by atoms with Crippen LogP contribution in [-0.2, 0) is 29.3 Å². The average molecular weight is 394 g/mol. The number of carbonyl (C=O) groups is 2. The number of para-hydroxylation sites is 1. The van der Waals surface area contributed by atoms with Crippen molar-refractivity contribution in [3.05, 3.63) is 41.5 Å². The second-order valence-electron chi connectivity index (χ2n) is 8.44. The number of allylic oxidation sites excluding steroid dienone is 1. The number of ether oxygens (including phenoxy) is 2. The van der Waals surface area contributed by atoms with Crippen LogP contribution in [0.1, 0.15) is 25.8 Å².